The number of aryl methyl sites for hydroxylation is 1. The number of benzene rings is 2. The molecule has 1 unspecified atom stereocenters. The summed E-state index contributed by atoms with van der Waals surface area (Å²) in [4.78, 5) is 26.4. The summed E-state index contributed by atoms with van der Waals surface area (Å²) >= 11 is 7.40. The number of thioether (sulfide) groups is 1. The van der Waals surface area contributed by atoms with Gasteiger partial charge in [-0.15, -0.1) is 0 Å². The predicted octanol–water partition coefficient (Wildman–Crippen LogP) is 3.56. The zero-order valence-corrected chi connectivity index (χ0v) is 16.1. The van der Waals surface area contributed by atoms with Crippen LogP contribution in [0.25, 0.3) is 0 Å². The van der Waals surface area contributed by atoms with Gasteiger partial charge in [-0.3, -0.25) is 14.5 Å². The van der Waals surface area contributed by atoms with Crippen molar-refractivity contribution >= 4 is 40.9 Å². The van der Waals surface area contributed by atoms with Gasteiger partial charge in [-0.05, 0) is 36.6 Å². The minimum atomic E-state index is -0.857. The Morgan fingerprint density at radius 1 is 1.26 bits per heavy atom. The van der Waals surface area contributed by atoms with Crippen LogP contribution in [0.2, 0.25) is 5.02 Å². The van der Waals surface area contributed by atoms with Crippen LogP contribution in [0.15, 0.2) is 59.1 Å². The zero-order valence-electron chi connectivity index (χ0n) is 14.5. The van der Waals surface area contributed by atoms with Gasteiger partial charge in [0, 0.05) is 5.02 Å². The monoisotopic (exact) mass is 397 g/mol. The number of hydrogen-bond donors (Lipinski definition) is 1. The molecule has 7 heteroatoms. The molecule has 3 rings (SSSR count). The van der Waals surface area contributed by atoms with Crippen LogP contribution in [-0.4, -0.2) is 17.1 Å². The first-order chi connectivity index (χ1) is 12.9. The minimum Gasteiger partial charge on any atom is -0.365 e. The smallest absolute Gasteiger partial charge is 0.262 e. The van der Waals surface area contributed by atoms with Gasteiger partial charge < -0.3 is 5.73 Å². The van der Waals surface area contributed by atoms with Crippen molar-refractivity contribution in [3.63, 3.8) is 0 Å². The summed E-state index contributed by atoms with van der Waals surface area (Å²) in [5.41, 5.74) is 7.46. The van der Waals surface area contributed by atoms with E-state index in [1.807, 2.05) is 43.3 Å². The second-order valence-corrected chi connectivity index (χ2v) is 7.62. The van der Waals surface area contributed by atoms with E-state index >= 15 is 0 Å². The third-order valence-corrected chi connectivity index (χ3v) is 5.88. The van der Waals surface area contributed by atoms with Crippen LogP contribution in [0.5, 0.6) is 0 Å². The predicted molar refractivity (Wildman–Crippen MR) is 107 cm³/mol. The van der Waals surface area contributed by atoms with Crippen LogP contribution in [-0.2, 0) is 16.0 Å². The molecule has 27 heavy (non-hydrogen) atoms. The van der Waals surface area contributed by atoms with Crippen LogP contribution >= 0.6 is 23.4 Å². The van der Waals surface area contributed by atoms with E-state index < -0.39 is 11.2 Å². The fourth-order valence-electron chi connectivity index (χ4n) is 2.90. The van der Waals surface area contributed by atoms with Gasteiger partial charge in [0.1, 0.15) is 16.7 Å². The van der Waals surface area contributed by atoms with Crippen LogP contribution in [0.4, 0.5) is 5.69 Å². The molecule has 1 atom stereocenters. The highest BCUT2D eigenvalue weighted by Gasteiger charge is 2.41. The van der Waals surface area contributed by atoms with Gasteiger partial charge in [0.05, 0.1) is 10.9 Å². The molecular formula is C20H16ClN3O2S. The van der Waals surface area contributed by atoms with Crippen molar-refractivity contribution in [3.8, 4) is 6.07 Å². The molecular weight excluding hydrogens is 382 g/mol. The molecule has 2 amide bonds. The SMILES string of the molecule is Cc1ccccc1N1C(=O)C(Cc2ccccc2Cl)S/C1=C(/C#N)C(N)=O. The number of nitrogens with two attached hydrogens (primary N) is 1. The number of nitrogens with zero attached hydrogens (tertiary/aromatic N) is 2. The largest absolute Gasteiger partial charge is 0.365 e. The number of primary amides is 1. The molecule has 136 valence electrons. The number of para-hydroxylation sites is 1. The Kier molecular flexibility index (Phi) is 5.54. The van der Waals surface area contributed by atoms with E-state index in [0.29, 0.717) is 17.1 Å². The van der Waals surface area contributed by atoms with E-state index in [2.05, 4.69) is 0 Å². The first kappa shape index (κ1) is 19.0. The average Bonchev–Trinajstić information content (AvgIpc) is 2.94. The quantitative estimate of drug-likeness (QED) is 0.631. The van der Waals surface area contributed by atoms with E-state index in [4.69, 9.17) is 17.3 Å². The fraction of sp³-hybridized carbons (Fsp3) is 0.150. The Bertz CT molecular complexity index is 997. The third kappa shape index (κ3) is 3.70. The van der Waals surface area contributed by atoms with Crippen molar-refractivity contribution in [3.05, 3.63) is 75.3 Å². The maximum absolute atomic E-state index is 13.2. The average molecular weight is 398 g/mol. The third-order valence-electron chi connectivity index (χ3n) is 4.24. The molecule has 0 spiro atoms. The van der Waals surface area contributed by atoms with Gasteiger partial charge in [0.15, 0.2) is 0 Å². The van der Waals surface area contributed by atoms with Crippen LogP contribution in [0.3, 0.4) is 0 Å². The number of hydrogen-bond acceptors (Lipinski definition) is 4. The molecule has 1 aliphatic heterocycles. The number of rotatable bonds is 4. The van der Waals surface area contributed by atoms with Crippen molar-refractivity contribution in [1.82, 2.24) is 0 Å². The number of nitriles is 1. The topological polar surface area (TPSA) is 87.2 Å². The molecule has 2 aromatic carbocycles. The van der Waals surface area contributed by atoms with Crippen molar-refractivity contribution in [1.29, 1.82) is 5.26 Å². The molecule has 0 aromatic heterocycles. The van der Waals surface area contributed by atoms with Crippen LogP contribution < -0.4 is 10.6 Å². The molecule has 2 aromatic rings. The van der Waals surface area contributed by atoms with Gasteiger partial charge >= 0.3 is 0 Å². The number of carbonyl (C=O) groups excluding carboxylic acids is 2. The molecule has 1 fully saturated rings. The first-order valence-electron chi connectivity index (χ1n) is 8.18. The molecule has 2 N–H and O–H groups in total. The molecule has 0 radical (unpaired) electrons. The van der Waals surface area contributed by atoms with Gasteiger partial charge in [0.2, 0.25) is 5.91 Å². The number of anilines is 1. The first-order valence-corrected chi connectivity index (χ1v) is 9.43. The Morgan fingerprint density at radius 3 is 2.56 bits per heavy atom. The molecule has 5 nitrogen and oxygen atoms in total. The highest BCUT2D eigenvalue weighted by Crippen LogP contribution is 2.43. The summed E-state index contributed by atoms with van der Waals surface area (Å²) in [6.07, 6.45) is 0.381. The lowest BCUT2D eigenvalue weighted by atomic mass is 10.1. The molecule has 1 heterocycles. The molecule has 0 aliphatic carbocycles. The summed E-state index contributed by atoms with van der Waals surface area (Å²) < 4.78 is 0. The summed E-state index contributed by atoms with van der Waals surface area (Å²) in [6, 6.07) is 16.4. The van der Waals surface area contributed by atoms with Gasteiger partial charge in [-0.1, -0.05) is 59.8 Å². The molecule has 0 saturated carbocycles. The standard InChI is InChI=1S/C20H16ClN3O2S/c1-12-6-2-5-9-16(12)24-19(26)17(10-13-7-3-4-8-15(13)21)27-20(24)14(11-22)18(23)25/h2-9,17H,10H2,1H3,(H2,23,25)/b20-14-. The Balaban J connectivity index is 2.08. The highest BCUT2D eigenvalue weighted by atomic mass is 35.5. The summed E-state index contributed by atoms with van der Waals surface area (Å²) in [5.74, 6) is -1.07. The van der Waals surface area contributed by atoms with Gasteiger partial charge in [-0.25, -0.2) is 0 Å². The lowest BCUT2D eigenvalue weighted by Gasteiger charge is -2.20. The van der Waals surface area contributed by atoms with Crippen molar-refractivity contribution < 1.29 is 9.59 Å². The summed E-state index contributed by atoms with van der Waals surface area (Å²) in [7, 11) is 0. The van der Waals surface area contributed by atoms with E-state index in [1.165, 1.54) is 16.7 Å². The Hall–Kier alpha value is -2.75. The van der Waals surface area contributed by atoms with Crippen molar-refractivity contribution in [2.75, 3.05) is 4.90 Å². The lowest BCUT2D eigenvalue weighted by molar-refractivity contribution is -0.117. The second-order valence-electron chi connectivity index (χ2n) is 6.02. The number of amides is 2. The summed E-state index contributed by atoms with van der Waals surface area (Å²) in [5, 5.41) is 9.74. The normalized spacial score (nSPS) is 18.3. The van der Waals surface area contributed by atoms with E-state index in [-0.39, 0.29) is 16.5 Å². The van der Waals surface area contributed by atoms with Gasteiger partial charge in [-0.2, -0.15) is 5.26 Å². The van der Waals surface area contributed by atoms with E-state index in [1.54, 1.807) is 18.2 Å². The number of carbonyl (C=O) groups is 2. The Labute approximate surface area is 166 Å². The molecule has 1 saturated heterocycles. The van der Waals surface area contributed by atoms with E-state index in [0.717, 1.165) is 11.1 Å². The molecule has 0 bridgehead atoms. The zero-order chi connectivity index (χ0) is 19.6. The number of halogens is 1. The van der Waals surface area contributed by atoms with Crippen molar-refractivity contribution in [2.24, 2.45) is 5.73 Å². The lowest BCUT2D eigenvalue weighted by Crippen LogP contribution is -2.31. The highest BCUT2D eigenvalue weighted by molar-refractivity contribution is 8.05. The minimum absolute atomic E-state index is 0.210. The van der Waals surface area contributed by atoms with Crippen LogP contribution in [0.1, 0.15) is 11.1 Å². The Morgan fingerprint density at radius 2 is 1.93 bits per heavy atom. The summed E-state index contributed by atoms with van der Waals surface area (Å²) in [6.45, 7) is 1.86. The van der Waals surface area contributed by atoms with Crippen LogP contribution in [0, 0.1) is 18.3 Å². The van der Waals surface area contributed by atoms with E-state index in [9.17, 15) is 14.9 Å². The maximum atomic E-state index is 13.2. The molecule has 1 aliphatic rings. The maximum Gasteiger partial charge on any atom is 0.262 e. The van der Waals surface area contributed by atoms with Crippen molar-refractivity contribution in [2.45, 2.75) is 18.6 Å². The van der Waals surface area contributed by atoms with Gasteiger partial charge in [0.25, 0.3) is 5.91 Å². The second kappa shape index (κ2) is 7.87. The fourth-order valence-corrected chi connectivity index (χ4v) is 4.41.